The molecule has 0 fully saturated rings. The maximum absolute atomic E-state index is 14.1. The molecule has 194 valence electrons. The lowest BCUT2D eigenvalue weighted by Gasteiger charge is -2.63. The van der Waals surface area contributed by atoms with Crippen molar-refractivity contribution in [2.75, 3.05) is 0 Å². The van der Waals surface area contributed by atoms with Gasteiger partial charge in [0.25, 0.3) is 0 Å². The predicted molar refractivity (Wildman–Crippen MR) is 156 cm³/mol. The van der Waals surface area contributed by atoms with Crippen LogP contribution in [-0.4, -0.2) is 46.7 Å². The first kappa shape index (κ1) is 31.1. The molecule has 0 aromatic heterocycles. The molecule has 0 bridgehead atoms. The number of aromatic carboxylic acids is 1. The van der Waals surface area contributed by atoms with Gasteiger partial charge in [0.1, 0.15) is 0 Å². The third-order valence-corrected chi connectivity index (χ3v) is 79.6. The van der Waals surface area contributed by atoms with Crippen LogP contribution < -0.4 is 0 Å². The van der Waals surface area contributed by atoms with Crippen molar-refractivity contribution in [2.45, 2.75) is 117 Å². The van der Waals surface area contributed by atoms with E-state index in [0.29, 0.717) is 5.56 Å². The van der Waals surface area contributed by atoms with Gasteiger partial charge >= 0.3 is 11.9 Å². The second-order valence-electron chi connectivity index (χ2n) is 9.98. The van der Waals surface area contributed by atoms with E-state index in [4.69, 9.17) is 4.43 Å². The van der Waals surface area contributed by atoms with Crippen LogP contribution in [0.15, 0.2) is 24.3 Å². The van der Waals surface area contributed by atoms with Gasteiger partial charge in [-0.2, -0.15) is 0 Å². The molecule has 0 aliphatic rings. The second-order valence-corrected chi connectivity index (χ2v) is 46.0. The van der Waals surface area contributed by atoms with Gasteiger partial charge in [0.05, 0.1) is 33.9 Å². The molecular formula is C26H50O4Si4. The molecule has 8 heteroatoms. The summed E-state index contributed by atoms with van der Waals surface area (Å²) in [5.74, 6) is -1.14. The summed E-state index contributed by atoms with van der Waals surface area (Å²) in [7, 11) is -5.68. The predicted octanol–water partition coefficient (Wildman–Crippen LogP) is 8.25. The number of carboxylic acid groups (broad SMARTS) is 1. The highest BCUT2D eigenvalue weighted by Gasteiger charge is 2.74. The zero-order valence-corrected chi connectivity index (χ0v) is 27.3. The molecule has 1 aromatic carbocycles. The molecule has 0 spiro atoms. The Labute approximate surface area is 212 Å². The van der Waals surface area contributed by atoms with Crippen LogP contribution in [0, 0.1) is 0 Å². The third-order valence-electron chi connectivity index (χ3n) is 9.94. The molecule has 0 aliphatic heterocycles. The van der Waals surface area contributed by atoms with Crippen LogP contribution >= 0.6 is 0 Å². The van der Waals surface area contributed by atoms with Crippen molar-refractivity contribution < 1.29 is 19.1 Å². The van der Waals surface area contributed by atoms with Crippen LogP contribution in [-0.2, 0) is 4.43 Å². The maximum atomic E-state index is 14.1. The van der Waals surface area contributed by atoms with E-state index < -0.39 is 35.6 Å². The number of carbonyl (C=O) groups is 2. The number of hydrogen-bond acceptors (Lipinski definition) is 3. The minimum Gasteiger partial charge on any atom is -0.524 e. The van der Waals surface area contributed by atoms with Crippen molar-refractivity contribution in [1.29, 1.82) is 0 Å². The first-order chi connectivity index (χ1) is 16.1. The molecule has 1 N–H and O–H groups in total. The van der Waals surface area contributed by atoms with E-state index in [1.165, 1.54) is 54.4 Å². The van der Waals surface area contributed by atoms with Gasteiger partial charge in [-0.3, -0.25) is 0 Å². The Morgan fingerprint density at radius 2 is 0.853 bits per heavy atom. The monoisotopic (exact) mass is 538 g/mol. The van der Waals surface area contributed by atoms with Crippen molar-refractivity contribution in [2.24, 2.45) is 0 Å². The molecule has 1 aromatic rings. The average molecular weight is 539 g/mol. The fourth-order valence-electron chi connectivity index (χ4n) is 7.45. The molecule has 34 heavy (non-hydrogen) atoms. The fourth-order valence-corrected chi connectivity index (χ4v) is 106. The van der Waals surface area contributed by atoms with Crippen LogP contribution in [0.25, 0.3) is 0 Å². The van der Waals surface area contributed by atoms with Gasteiger partial charge in [-0.15, -0.1) is 0 Å². The van der Waals surface area contributed by atoms with Crippen molar-refractivity contribution in [3.05, 3.63) is 35.4 Å². The summed E-state index contributed by atoms with van der Waals surface area (Å²) in [6, 6.07) is 17.3. The molecule has 0 saturated carbocycles. The van der Waals surface area contributed by atoms with E-state index in [-0.39, 0.29) is 11.5 Å². The minimum atomic E-state index is -2.47. The van der Waals surface area contributed by atoms with Gasteiger partial charge in [0, 0.05) is 0 Å². The largest absolute Gasteiger partial charge is 0.524 e. The van der Waals surface area contributed by atoms with Gasteiger partial charge in [0.2, 0.25) is 6.87 Å². The molecular weight excluding hydrogens is 489 g/mol. The molecule has 0 unspecified atom stereocenters. The Kier molecular flexibility index (Phi) is 11.7. The van der Waals surface area contributed by atoms with E-state index in [1.807, 2.05) is 0 Å². The van der Waals surface area contributed by atoms with E-state index in [2.05, 4.69) is 62.3 Å². The molecule has 0 saturated heterocycles. The SMILES string of the molecule is CC[Si](CC)(CC)[Si](OC(=O)c1ccc(C(=O)O)cc1)([Si](CC)(CC)CC)[Si](CC)(CC)CC. The van der Waals surface area contributed by atoms with Crippen molar-refractivity contribution in [1.82, 2.24) is 0 Å². The van der Waals surface area contributed by atoms with Crippen LogP contribution in [0.5, 0.6) is 0 Å². The standard InChI is InChI=1S/C26H50O4Si4/c1-10-31(11-2,12-3)34(32(13-4,14-5)15-6,33(16-7,17-8)18-9)30-26(29)24-21-19-23(20-22-24)25(27)28/h19-22H,10-18H2,1-9H3,(H,27,28). The van der Waals surface area contributed by atoms with Gasteiger partial charge in [-0.05, 0) is 24.3 Å². The van der Waals surface area contributed by atoms with Crippen molar-refractivity contribution in [3.8, 4) is 0 Å². The smallest absolute Gasteiger partial charge is 0.335 e. The minimum absolute atomic E-state index is 0.171. The summed E-state index contributed by atoms with van der Waals surface area (Å²) in [4.78, 5) is 25.4. The van der Waals surface area contributed by atoms with Crippen LogP contribution in [0.4, 0.5) is 0 Å². The van der Waals surface area contributed by atoms with E-state index >= 15 is 0 Å². The molecule has 0 radical (unpaired) electrons. The number of rotatable bonds is 15. The van der Waals surface area contributed by atoms with E-state index in [9.17, 15) is 14.7 Å². The summed E-state index contributed by atoms with van der Waals surface area (Å²) in [5, 5.41) is 9.32. The highest BCUT2D eigenvalue weighted by Crippen LogP contribution is 2.51. The van der Waals surface area contributed by atoms with Crippen molar-refractivity contribution >= 4 is 41.6 Å². The number of hydrogen-bond donors (Lipinski definition) is 1. The molecule has 0 atom stereocenters. The summed E-state index contributed by atoms with van der Waals surface area (Å²) in [5.41, 5.74) is 0.726. The molecule has 0 amide bonds. The lowest BCUT2D eigenvalue weighted by atomic mass is 10.1. The topological polar surface area (TPSA) is 63.6 Å². The van der Waals surface area contributed by atoms with Gasteiger partial charge in [-0.25, -0.2) is 9.59 Å². The van der Waals surface area contributed by atoms with E-state index in [0.717, 1.165) is 0 Å². The maximum Gasteiger partial charge on any atom is 0.335 e. The average Bonchev–Trinajstić information content (AvgIpc) is 2.88. The fraction of sp³-hybridized carbons (Fsp3) is 0.692. The highest BCUT2D eigenvalue weighted by atomic mass is 29.9. The van der Waals surface area contributed by atoms with Gasteiger partial charge in [-0.1, -0.05) is 117 Å². The lowest BCUT2D eigenvalue weighted by molar-refractivity contribution is 0.0691. The molecule has 0 heterocycles. The third kappa shape index (κ3) is 4.84. The number of carbonyl (C=O) groups excluding carboxylic acids is 1. The molecule has 1 rings (SSSR count). The number of benzene rings is 1. The number of carboxylic acids is 1. The van der Waals surface area contributed by atoms with Gasteiger partial charge in [0.15, 0.2) is 0 Å². The van der Waals surface area contributed by atoms with Crippen LogP contribution in [0.3, 0.4) is 0 Å². The van der Waals surface area contributed by atoms with Crippen LogP contribution in [0.1, 0.15) is 83.0 Å². The summed E-state index contributed by atoms with van der Waals surface area (Å²) >= 11 is 0. The zero-order chi connectivity index (χ0) is 26.2. The Morgan fingerprint density at radius 3 is 1.09 bits per heavy atom. The lowest BCUT2D eigenvalue weighted by Crippen LogP contribution is -2.89. The Hall–Kier alpha value is -0.972. The molecule has 4 nitrogen and oxygen atoms in total. The zero-order valence-electron chi connectivity index (χ0n) is 23.3. The summed E-state index contributed by atoms with van der Waals surface area (Å²) in [6.07, 6.45) is 0. The normalized spacial score (nSPS) is 13.1. The summed E-state index contributed by atoms with van der Waals surface area (Å²) in [6.45, 7) is 19.1. The van der Waals surface area contributed by atoms with Crippen molar-refractivity contribution in [3.63, 3.8) is 0 Å². The first-order valence-electron chi connectivity index (χ1n) is 13.7. The Bertz CT molecular complexity index is 722. The van der Waals surface area contributed by atoms with Gasteiger partial charge < -0.3 is 9.53 Å². The Balaban J connectivity index is 4.07. The Morgan fingerprint density at radius 1 is 0.588 bits per heavy atom. The first-order valence-corrected chi connectivity index (χ1v) is 26.4. The van der Waals surface area contributed by atoms with E-state index in [1.54, 1.807) is 24.3 Å². The molecule has 0 aliphatic carbocycles. The highest BCUT2D eigenvalue weighted by molar-refractivity contribution is 7.88. The van der Waals surface area contributed by atoms with Crippen LogP contribution in [0.2, 0.25) is 54.4 Å². The summed E-state index contributed by atoms with van der Waals surface area (Å²) < 4.78 is 7.38. The second kappa shape index (κ2) is 12.8. The quantitative estimate of drug-likeness (QED) is 0.228.